The van der Waals surface area contributed by atoms with Gasteiger partial charge in [-0.05, 0) is 57.4 Å². The van der Waals surface area contributed by atoms with Crippen molar-refractivity contribution in [1.29, 1.82) is 0 Å². The second-order valence-electron chi connectivity index (χ2n) is 11.4. The van der Waals surface area contributed by atoms with Gasteiger partial charge in [0.2, 0.25) is 5.95 Å². The van der Waals surface area contributed by atoms with Crippen molar-refractivity contribution in [3.63, 3.8) is 0 Å². The quantitative estimate of drug-likeness (QED) is 0.518. The summed E-state index contributed by atoms with van der Waals surface area (Å²) >= 11 is 0. The lowest BCUT2D eigenvalue weighted by Gasteiger charge is -2.33. The van der Waals surface area contributed by atoms with Crippen molar-refractivity contribution in [2.24, 2.45) is 4.36 Å². The molecule has 0 saturated carbocycles. The lowest BCUT2D eigenvalue weighted by molar-refractivity contribution is 0.0220. The Hall–Kier alpha value is -3.21. The first kappa shape index (κ1) is 29.3. The van der Waals surface area contributed by atoms with Crippen LogP contribution in [0.2, 0.25) is 0 Å². The van der Waals surface area contributed by atoms with Gasteiger partial charge < -0.3 is 19.7 Å². The predicted octanol–water partition coefficient (Wildman–Crippen LogP) is 5.57. The summed E-state index contributed by atoms with van der Waals surface area (Å²) in [6.45, 7) is 14.6. The van der Waals surface area contributed by atoms with Crippen LogP contribution in [0.4, 0.5) is 21.2 Å². The Balaban J connectivity index is 1.89. The van der Waals surface area contributed by atoms with Crippen LogP contribution in [0.25, 0.3) is 0 Å². The number of anilines is 2. The van der Waals surface area contributed by atoms with Crippen LogP contribution in [-0.2, 0) is 43.3 Å². The standard InChI is InChI=1S/C27H39N5O5S/c1-9-36-24(33)31-38(8,35)17-18-11-10-12-19(15-18)28-23-29-21-16-32(25(34)37-27(5,6)7)14-13-20(21)22(30-23)26(2,3)4/h10-12,15H,9,13-14,16-17H2,1-8H3,(H,28,29,30). The molecule has 2 aromatic rings. The average molecular weight is 546 g/mol. The van der Waals surface area contributed by atoms with Gasteiger partial charge in [-0.1, -0.05) is 32.9 Å². The summed E-state index contributed by atoms with van der Waals surface area (Å²) in [7, 11) is -2.82. The molecule has 1 aliphatic rings. The molecular formula is C27H39N5O5S. The first-order valence-electron chi connectivity index (χ1n) is 12.7. The molecule has 38 heavy (non-hydrogen) atoms. The lowest BCUT2D eigenvalue weighted by atomic mass is 9.86. The van der Waals surface area contributed by atoms with Gasteiger partial charge in [-0.25, -0.2) is 23.8 Å². The highest BCUT2D eigenvalue weighted by atomic mass is 32.2. The van der Waals surface area contributed by atoms with Crippen LogP contribution in [-0.4, -0.2) is 56.3 Å². The zero-order valence-corrected chi connectivity index (χ0v) is 24.4. The molecule has 1 aliphatic heterocycles. The van der Waals surface area contributed by atoms with Crippen molar-refractivity contribution in [1.82, 2.24) is 14.9 Å². The summed E-state index contributed by atoms with van der Waals surface area (Å²) in [6.07, 6.45) is 0.888. The van der Waals surface area contributed by atoms with Gasteiger partial charge in [0, 0.05) is 23.9 Å². The molecule has 1 atom stereocenters. The Bertz CT molecular complexity index is 1320. The molecule has 208 valence electrons. The van der Waals surface area contributed by atoms with Crippen molar-refractivity contribution >= 4 is 33.6 Å². The monoisotopic (exact) mass is 545 g/mol. The Labute approximate surface area is 225 Å². The normalized spacial score (nSPS) is 15.2. The van der Waals surface area contributed by atoms with Crippen LogP contribution in [0.3, 0.4) is 0 Å². The van der Waals surface area contributed by atoms with Crippen LogP contribution >= 0.6 is 0 Å². The number of benzene rings is 1. The number of nitrogens with one attached hydrogen (secondary N) is 1. The molecule has 2 heterocycles. The van der Waals surface area contributed by atoms with Gasteiger partial charge in [-0.2, -0.15) is 0 Å². The number of fused-ring (bicyclic) bond motifs is 1. The molecule has 2 amide bonds. The van der Waals surface area contributed by atoms with Gasteiger partial charge in [0.15, 0.2) is 0 Å². The number of carbonyl (C=O) groups is 2. The van der Waals surface area contributed by atoms with Gasteiger partial charge in [-0.3, -0.25) is 0 Å². The van der Waals surface area contributed by atoms with Crippen molar-refractivity contribution in [2.75, 3.05) is 24.7 Å². The van der Waals surface area contributed by atoms with Crippen LogP contribution in [0, 0.1) is 0 Å². The minimum absolute atomic E-state index is 0.0878. The van der Waals surface area contributed by atoms with E-state index < -0.39 is 21.4 Å². The van der Waals surface area contributed by atoms with E-state index in [1.807, 2.05) is 45.0 Å². The van der Waals surface area contributed by atoms with Gasteiger partial charge in [-0.15, -0.1) is 4.36 Å². The first-order valence-corrected chi connectivity index (χ1v) is 14.8. The Kier molecular flexibility index (Phi) is 8.70. The summed E-state index contributed by atoms with van der Waals surface area (Å²) in [5.41, 5.74) is 3.39. The number of nitrogens with zero attached hydrogens (tertiary/aromatic N) is 4. The topological polar surface area (TPSA) is 123 Å². The highest BCUT2D eigenvalue weighted by molar-refractivity contribution is 7.92. The number of hydrogen-bond acceptors (Lipinski definition) is 8. The summed E-state index contributed by atoms with van der Waals surface area (Å²) in [5, 5.41) is 3.26. The van der Waals surface area contributed by atoms with E-state index in [0.717, 1.165) is 22.5 Å². The molecule has 0 bridgehead atoms. The molecule has 0 spiro atoms. The predicted molar refractivity (Wildman–Crippen MR) is 148 cm³/mol. The van der Waals surface area contributed by atoms with E-state index in [9.17, 15) is 13.8 Å². The van der Waals surface area contributed by atoms with Crippen molar-refractivity contribution in [3.05, 3.63) is 46.8 Å². The van der Waals surface area contributed by atoms with Crippen molar-refractivity contribution in [3.8, 4) is 0 Å². The molecule has 0 radical (unpaired) electrons. The van der Waals surface area contributed by atoms with E-state index in [1.54, 1.807) is 11.8 Å². The van der Waals surface area contributed by atoms with Crippen LogP contribution in [0.15, 0.2) is 28.6 Å². The molecule has 11 heteroatoms. The van der Waals surface area contributed by atoms with E-state index in [-0.39, 0.29) is 23.9 Å². The Morgan fingerprint density at radius 1 is 1.16 bits per heavy atom. The molecule has 1 N–H and O–H groups in total. The number of aromatic nitrogens is 2. The molecule has 1 unspecified atom stereocenters. The van der Waals surface area contributed by atoms with Crippen molar-refractivity contribution in [2.45, 2.75) is 78.2 Å². The van der Waals surface area contributed by atoms with E-state index in [4.69, 9.17) is 19.4 Å². The minimum atomic E-state index is -2.82. The Morgan fingerprint density at radius 2 is 1.87 bits per heavy atom. The molecule has 10 nitrogen and oxygen atoms in total. The van der Waals surface area contributed by atoms with Gasteiger partial charge in [0.25, 0.3) is 0 Å². The molecule has 0 fully saturated rings. The average Bonchev–Trinajstić information content (AvgIpc) is 2.76. The summed E-state index contributed by atoms with van der Waals surface area (Å²) in [6, 6.07) is 7.33. The third kappa shape index (κ3) is 8.14. The maximum Gasteiger partial charge on any atom is 0.441 e. The number of hydrogen-bond donors (Lipinski definition) is 1. The third-order valence-corrected chi connectivity index (χ3v) is 6.98. The molecule has 0 aliphatic carbocycles. The van der Waals surface area contributed by atoms with Gasteiger partial charge >= 0.3 is 12.2 Å². The fourth-order valence-electron chi connectivity index (χ4n) is 4.11. The summed E-state index contributed by atoms with van der Waals surface area (Å²) < 4.78 is 26.9. The zero-order valence-electron chi connectivity index (χ0n) is 23.6. The zero-order chi connectivity index (χ0) is 28.3. The third-order valence-electron chi connectivity index (χ3n) is 5.58. The van der Waals surface area contributed by atoms with Crippen LogP contribution < -0.4 is 5.32 Å². The number of rotatable bonds is 5. The van der Waals surface area contributed by atoms with E-state index in [0.29, 0.717) is 31.1 Å². The SMILES string of the molecule is CCOC(=O)N=S(C)(=O)Cc1cccc(Nc2nc3c(c(C(C)(C)C)n2)CCN(C(=O)OC(C)(C)C)C3)c1. The van der Waals surface area contributed by atoms with E-state index >= 15 is 0 Å². The summed E-state index contributed by atoms with van der Waals surface area (Å²) in [5.74, 6) is 0.495. The second-order valence-corrected chi connectivity index (χ2v) is 13.8. The van der Waals surface area contributed by atoms with Gasteiger partial charge in [0.05, 0.1) is 40.0 Å². The van der Waals surface area contributed by atoms with E-state index in [1.165, 1.54) is 6.26 Å². The molecule has 0 saturated heterocycles. The molecular weight excluding hydrogens is 506 g/mol. The largest absolute Gasteiger partial charge is 0.448 e. The van der Waals surface area contributed by atoms with Crippen LogP contribution in [0.1, 0.15) is 71.0 Å². The molecule has 1 aromatic carbocycles. The fourth-order valence-corrected chi connectivity index (χ4v) is 5.34. The summed E-state index contributed by atoms with van der Waals surface area (Å²) in [4.78, 5) is 35.7. The molecule has 3 rings (SSSR count). The fraction of sp³-hybridized carbons (Fsp3) is 0.556. The molecule has 1 aromatic heterocycles. The first-order chi connectivity index (χ1) is 17.6. The maximum absolute atomic E-state index is 12.8. The van der Waals surface area contributed by atoms with Gasteiger partial charge in [0.1, 0.15) is 5.60 Å². The number of ether oxygens (including phenoxy) is 2. The second kappa shape index (κ2) is 11.3. The Morgan fingerprint density at radius 3 is 2.50 bits per heavy atom. The highest BCUT2D eigenvalue weighted by Gasteiger charge is 2.31. The van der Waals surface area contributed by atoms with Crippen LogP contribution in [0.5, 0.6) is 0 Å². The smallest absolute Gasteiger partial charge is 0.441 e. The van der Waals surface area contributed by atoms with Crippen molar-refractivity contribution < 1.29 is 23.3 Å². The number of amides is 2. The number of carbonyl (C=O) groups excluding carboxylic acids is 2. The van der Waals surface area contributed by atoms with E-state index in [2.05, 4.69) is 30.5 Å². The maximum atomic E-state index is 12.8. The highest BCUT2D eigenvalue weighted by Crippen LogP contribution is 2.31. The lowest BCUT2D eigenvalue weighted by Crippen LogP contribution is -2.41. The minimum Gasteiger partial charge on any atom is -0.448 e.